The molecule has 2 atom stereocenters. The maximum Gasteiger partial charge on any atom is 0.166 e. The molecule has 0 spiro atoms. The number of carbonyl (C=O) groups excluding carboxylic acids is 2. The first kappa shape index (κ1) is 14.2. The third-order valence-corrected chi connectivity index (χ3v) is 3.63. The number of fused-ring (bicyclic) bond motifs is 1. The van der Waals surface area contributed by atoms with E-state index in [2.05, 4.69) is 9.24 Å². The van der Waals surface area contributed by atoms with Gasteiger partial charge in [0.15, 0.2) is 5.78 Å². The van der Waals surface area contributed by atoms with Gasteiger partial charge in [0.05, 0.1) is 6.61 Å². The van der Waals surface area contributed by atoms with Gasteiger partial charge in [0.2, 0.25) is 0 Å². The highest BCUT2D eigenvalue weighted by atomic mass is 31.0. The Bertz CT molecular complexity index is 496. The van der Waals surface area contributed by atoms with Gasteiger partial charge in [-0.15, -0.1) is 9.24 Å². The highest BCUT2D eigenvalue weighted by Gasteiger charge is 2.28. The number of Topliss-reactive ketones (excluding diaryl/α,β-unsaturated/α-hetero) is 2. The quantitative estimate of drug-likeness (QED) is 0.778. The minimum atomic E-state index is -0.135. The minimum Gasteiger partial charge on any atom is -0.493 e. The van der Waals surface area contributed by atoms with E-state index in [1.54, 1.807) is 6.92 Å². The molecule has 0 saturated heterocycles. The van der Waals surface area contributed by atoms with E-state index in [0.29, 0.717) is 13.0 Å². The lowest BCUT2D eigenvalue weighted by atomic mass is 9.80. The zero-order chi connectivity index (χ0) is 13.8. The van der Waals surface area contributed by atoms with Crippen molar-refractivity contribution < 1.29 is 14.3 Å². The molecule has 0 N–H and O–H groups in total. The molecule has 0 amide bonds. The number of hydrogen-bond acceptors (Lipinski definition) is 3. The molecule has 1 aliphatic rings. The third-order valence-electron chi connectivity index (χ3n) is 3.40. The summed E-state index contributed by atoms with van der Waals surface area (Å²) in [6, 6.07) is 5.63. The summed E-state index contributed by atoms with van der Waals surface area (Å²) in [5.41, 5.74) is 1.81. The molecule has 0 heterocycles. The fourth-order valence-electron chi connectivity index (χ4n) is 2.51. The Labute approximate surface area is 115 Å². The first-order valence-electron chi connectivity index (χ1n) is 6.61. The van der Waals surface area contributed by atoms with Gasteiger partial charge in [0, 0.05) is 17.9 Å². The molecule has 0 bridgehead atoms. The van der Waals surface area contributed by atoms with Crippen molar-refractivity contribution in [3.05, 3.63) is 29.3 Å². The van der Waals surface area contributed by atoms with E-state index in [-0.39, 0.29) is 17.5 Å². The number of carbonyl (C=O) groups is 2. The van der Waals surface area contributed by atoms with Crippen LogP contribution in [0.15, 0.2) is 18.2 Å². The van der Waals surface area contributed by atoms with Gasteiger partial charge in [0.25, 0.3) is 0 Å². The normalized spacial score (nSPS) is 18.0. The Morgan fingerprint density at radius 1 is 1.47 bits per heavy atom. The maximum atomic E-state index is 12.3. The van der Waals surface area contributed by atoms with Gasteiger partial charge >= 0.3 is 0 Å². The lowest BCUT2D eigenvalue weighted by molar-refractivity contribution is -0.117. The van der Waals surface area contributed by atoms with Crippen LogP contribution < -0.4 is 4.74 Å². The Balaban J connectivity index is 2.16. The zero-order valence-corrected chi connectivity index (χ0v) is 12.3. The van der Waals surface area contributed by atoms with Crippen molar-refractivity contribution in [1.82, 2.24) is 0 Å². The van der Waals surface area contributed by atoms with Crippen LogP contribution in [0.1, 0.15) is 35.7 Å². The van der Waals surface area contributed by atoms with E-state index in [4.69, 9.17) is 4.74 Å². The Hall–Kier alpha value is -1.21. The van der Waals surface area contributed by atoms with Crippen LogP contribution in [0.25, 0.3) is 0 Å². The largest absolute Gasteiger partial charge is 0.493 e. The number of rotatable bonds is 5. The van der Waals surface area contributed by atoms with Gasteiger partial charge in [-0.3, -0.25) is 4.79 Å². The Morgan fingerprint density at radius 3 is 2.95 bits per heavy atom. The summed E-state index contributed by atoms with van der Waals surface area (Å²) < 4.78 is 5.56. The van der Waals surface area contributed by atoms with Crippen molar-refractivity contribution in [3.8, 4) is 5.75 Å². The third kappa shape index (κ3) is 3.42. The number of ether oxygens (including phenoxy) is 1. The summed E-state index contributed by atoms with van der Waals surface area (Å²) in [6.45, 7) is 2.20. The molecule has 2 rings (SSSR count). The molecule has 1 aliphatic carbocycles. The lowest BCUT2D eigenvalue weighted by Gasteiger charge is -2.23. The number of aryl methyl sites for hydroxylation is 1. The molecule has 1 aromatic carbocycles. The minimum absolute atomic E-state index is 0.0854. The smallest absolute Gasteiger partial charge is 0.166 e. The standard InChI is InChI=1S/C15H19O3P/c1-10(16)8-12-3-2-11-9-13(18-6-7-19)4-5-14(11)15(12)17/h4-5,9,12H,2-3,6-8,19H2,1H3. The van der Waals surface area contributed by atoms with Gasteiger partial charge in [-0.1, -0.05) is 0 Å². The molecule has 0 radical (unpaired) electrons. The molecular weight excluding hydrogens is 259 g/mol. The van der Waals surface area contributed by atoms with Crippen molar-refractivity contribution in [2.45, 2.75) is 26.2 Å². The van der Waals surface area contributed by atoms with Crippen LogP contribution >= 0.6 is 9.24 Å². The van der Waals surface area contributed by atoms with Crippen LogP contribution in [0.3, 0.4) is 0 Å². The molecule has 102 valence electrons. The first-order chi connectivity index (χ1) is 9.11. The van der Waals surface area contributed by atoms with Gasteiger partial charge in [0.1, 0.15) is 11.5 Å². The van der Waals surface area contributed by atoms with E-state index in [1.165, 1.54) is 0 Å². The molecular formula is C15H19O3P. The predicted molar refractivity (Wildman–Crippen MR) is 78.0 cm³/mol. The van der Waals surface area contributed by atoms with Crippen LogP contribution in [-0.2, 0) is 11.2 Å². The predicted octanol–water partition coefficient (Wildman–Crippen LogP) is 2.66. The molecule has 0 fully saturated rings. The molecule has 2 unspecified atom stereocenters. The van der Waals surface area contributed by atoms with Crippen LogP contribution in [-0.4, -0.2) is 24.3 Å². The average molecular weight is 278 g/mol. The second-order valence-electron chi connectivity index (χ2n) is 4.96. The molecule has 0 aliphatic heterocycles. The van der Waals surface area contributed by atoms with E-state index in [0.717, 1.165) is 35.9 Å². The van der Waals surface area contributed by atoms with Gasteiger partial charge < -0.3 is 9.53 Å². The van der Waals surface area contributed by atoms with E-state index in [9.17, 15) is 9.59 Å². The van der Waals surface area contributed by atoms with Gasteiger partial charge in [-0.2, -0.15) is 0 Å². The molecule has 4 heteroatoms. The maximum absolute atomic E-state index is 12.3. The van der Waals surface area contributed by atoms with Crippen molar-refractivity contribution in [2.24, 2.45) is 5.92 Å². The molecule has 0 saturated carbocycles. The van der Waals surface area contributed by atoms with E-state index < -0.39 is 0 Å². The van der Waals surface area contributed by atoms with E-state index in [1.807, 2.05) is 18.2 Å². The summed E-state index contributed by atoms with van der Waals surface area (Å²) in [7, 11) is 2.62. The Kier molecular flexibility index (Phi) is 4.71. The fraction of sp³-hybridized carbons (Fsp3) is 0.467. The topological polar surface area (TPSA) is 43.4 Å². The zero-order valence-electron chi connectivity index (χ0n) is 11.1. The Morgan fingerprint density at radius 2 is 2.26 bits per heavy atom. The van der Waals surface area contributed by atoms with Gasteiger partial charge in [-0.25, -0.2) is 0 Å². The van der Waals surface area contributed by atoms with Crippen molar-refractivity contribution >= 4 is 20.8 Å². The summed E-state index contributed by atoms with van der Waals surface area (Å²) in [5.74, 6) is 0.874. The highest BCUT2D eigenvalue weighted by molar-refractivity contribution is 7.16. The number of hydrogen-bond donors (Lipinski definition) is 0. The summed E-state index contributed by atoms with van der Waals surface area (Å²) in [6.07, 6.45) is 2.86. The molecule has 3 nitrogen and oxygen atoms in total. The van der Waals surface area contributed by atoms with Crippen molar-refractivity contribution in [1.29, 1.82) is 0 Å². The summed E-state index contributed by atoms with van der Waals surface area (Å²) >= 11 is 0. The number of ketones is 2. The van der Waals surface area contributed by atoms with Crippen LogP contribution in [0.2, 0.25) is 0 Å². The van der Waals surface area contributed by atoms with Gasteiger partial charge in [-0.05, 0) is 49.7 Å². The average Bonchev–Trinajstić information content (AvgIpc) is 2.39. The van der Waals surface area contributed by atoms with Crippen molar-refractivity contribution in [2.75, 3.05) is 12.8 Å². The monoisotopic (exact) mass is 278 g/mol. The molecule has 19 heavy (non-hydrogen) atoms. The lowest BCUT2D eigenvalue weighted by Crippen LogP contribution is -2.24. The second-order valence-corrected chi connectivity index (χ2v) is 5.54. The first-order valence-corrected chi connectivity index (χ1v) is 7.43. The molecule has 1 aromatic rings. The van der Waals surface area contributed by atoms with Crippen LogP contribution in [0.5, 0.6) is 5.75 Å². The number of benzene rings is 1. The fourth-order valence-corrected chi connectivity index (χ4v) is 2.62. The second kappa shape index (κ2) is 6.29. The molecule has 0 aromatic heterocycles. The summed E-state index contributed by atoms with van der Waals surface area (Å²) in [5, 5.41) is 0. The van der Waals surface area contributed by atoms with Crippen LogP contribution in [0, 0.1) is 5.92 Å². The van der Waals surface area contributed by atoms with Crippen molar-refractivity contribution in [3.63, 3.8) is 0 Å². The summed E-state index contributed by atoms with van der Waals surface area (Å²) in [4.78, 5) is 23.4. The van der Waals surface area contributed by atoms with E-state index >= 15 is 0 Å². The van der Waals surface area contributed by atoms with Crippen LogP contribution in [0.4, 0.5) is 0 Å². The highest BCUT2D eigenvalue weighted by Crippen LogP contribution is 2.30. The SMILES string of the molecule is CC(=O)CC1CCc2cc(OCCP)ccc2C1=O.